The summed E-state index contributed by atoms with van der Waals surface area (Å²) in [5.74, 6) is 4.78. The zero-order valence-corrected chi connectivity index (χ0v) is 26.3. The Morgan fingerprint density at radius 2 is 1.05 bits per heavy atom. The van der Waals surface area contributed by atoms with Crippen LogP contribution < -0.4 is 37.9 Å². The van der Waals surface area contributed by atoms with E-state index in [1.54, 1.807) is 41.6 Å². The van der Waals surface area contributed by atoms with E-state index in [1.807, 2.05) is 48.5 Å². The van der Waals surface area contributed by atoms with E-state index in [2.05, 4.69) is 6.07 Å². The molecule has 0 aromatic heterocycles. The average molecular weight is 605 g/mol. The second-order valence-electron chi connectivity index (χ2n) is 9.95. The summed E-state index contributed by atoms with van der Waals surface area (Å²) in [5, 5.41) is 10.4. The van der Waals surface area contributed by atoms with Gasteiger partial charge in [0.05, 0.1) is 49.8 Å². The van der Waals surface area contributed by atoms with E-state index < -0.39 is 0 Å². The highest BCUT2D eigenvalue weighted by atomic mass is 16.5. The SMILES string of the molecule is COc1cccc(CCc2cc(Oc3cc(CCc4cc(O)c(OC)c(OC)c4)cc(OC)c3OC)c(OC)cc2OC)c1. The fraction of sp³-hybridized carbons (Fsp3) is 0.314. The number of aryl methyl sites for hydroxylation is 4. The third kappa shape index (κ3) is 7.34. The molecule has 0 amide bonds. The highest BCUT2D eigenvalue weighted by Gasteiger charge is 2.20. The Morgan fingerprint density at radius 1 is 0.455 bits per heavy atom. The second kappa shape index (κ2) is 15.0. The van der Waals surface area contributed by atoms with Crippen molar-refractivity contribution < 1.29 is 43.0 Å². The lowest BCUT2D eigenvalue weighted by atomic mass is 10.0. The Hall–Kier alpha value is -4.92. The van der Waals surface area contributed by atoms with Crippen LogP contribution in [0.15, 0.2) is 60.7 Å². The topological polar surface area (TPSA) is 94.1 Å². The van der Waals surface area contributed by atoms with Gasteiger partial charge in [0, 0.05) is 6.07 Å². The molecule has 0 aliphatic carbocycles. The average Bonchev–Trinajstić information content (AvgIpc) is 3.05. The van der Waals surface area contributed by atoms with Gasteiger partial charge in [0.15, 0.2) is 34.5 Å². The molecule has 0 atom stereocenters. The zero-order chi connectivity index (χ0) is 31.6. The summed E-state index contributed by atoms with van der Waals surface area (Å²) in [5.41, 5.74) is 3.93. The first-order chi connectivity index (χ1) is 21.4. The van der Waals surface area contributed by atoms with Crippen molar-refractivity contribution in [3.8, 4) is 57.5 Å². The minimum atomic E-state index is 0.0204. The maximum Gasteiger partial charge on any atom is 0.203 e. The van der Waals surface area contributed by atoms with Gasteiger partial charge in [-0.25, -0.2) is 0 Å². The van der Waals surface area contributed by atoms with E-state index in [-0.39, 0.29) is 5.75 Å². The number of hydrogen-bond acceptors (Lipinski definition) is 9. The fourth-order valence-electron chi connectivity index (χ4n) is 5.07. The van der Waals surface area contributed by atoms with E-state index in [0.717, 1.165) is 34.4 Å². The van der Waals surface area contributed by atoms with Crippen LogP contribution in [0.5, 0.6) is 57.5 Å². The predicted octanol–water partition coefficient (Wildman–Crippen LogP) is 6.82. The molecule has 0 bridgehead atoms. The van der Waals surface area contributed by atoms with Gasteiger partial charge in [-0.3, -0.25) is 0 Å². The summed E-state index contributed by atoms with van der Waals surface area (Å²) < 4.78 is 45.3. The summed E-state index contributed by atoms with van der Waals surface area (Å²) in [6.45, 7) is 0. The molecule has 4 aromatic rings. The number of aromatic hydroxyl groups is 1. The number of rotatable bonds is 15. The lowest BCUT2D eigenvalue weighted by molar-refractivity contribution is 0.327. The lowest BCUT2D eigenvalue weighted by Gasteiger charge is -2.19. The molecule has 1 N–H and O–H groups in total. The normalized spacial score (nSPS) is 10.6. The number of phenols is 1. The van der Waals surface area contributed by atoms with Crippen LogP contribution >= 0.6 is 0 Å². The number of ether oxygens (including phenoxy) is 8. The van der Waals surface area contributed by atoms with Gasteiger partial charge in [-0.15, -0.1) is 0 Å². The van der Waals surface area contributed by atoms with Crippen LogP contribution in [0.3, 0.4) is 0 Å². The summed E-state index contributed by atoms with van der Waals surface area (Å²) in [6, 6.07) is 19.1. The molecule has 0 heterocycles. The number of hydrogen-bond donors (Lipinski definition) is 1. The molecule has 0 unspecified atom stereocenters. The minimum Gasteiger partial charge on any atom is -0.504 e. The Morgan fingerprint density at radius 3 is 1.66 bits per heavy atom. The molecule has 0 spiro atoms. The molecule has 0 radical (unpaired) electrons. The molecule has 9 heteroatoms. The largest absolute Gasteiger partial charge is 0.504 e. The summed E-state index contributed by atoms with van der Waals surface area (Å²) in [7, 11) is 11.1. The van der Waals surface area contributed by atoms with Gasteiger partial charge in [0.2, 0.25) is 11.5 Å². The molecule has 0 fully saturated rings. The van der Waals surface area contributed by atoms with E-state index in [1.165, 1.54) is 14.2 Å². The van der Waals surface area contributed by atoms with Crippen molar-refractivity contribution in [1.82, 2.24) is 0 Å². The standard InChI is InChI=1S/C35H40O9/c1-37-26-10-8-9-22(15-26)13-14-25-20-30(29(39-3)21-28(25)38-2)44-33-19-24(18-32(41-5)35(33)43-7)12-11-23-16-27(36)34(42-6)31(17-23)40-4/h8-10,15-21,36H,11-14H2,1-7H3. The van der Waals surface area contributed by atoms with Crippen LogP contribution in [0.4, 0.5) is 0 Å². The van der Waals surface area contributed by atoms with Crippen LogP contribution in [0.25, 0.3) is 0 Å². The first-order valence-electron chi connectivity index (χ1n) is 14.1. The monoisotopic (exact) mass is 604 g/mol. The van der Waals surface area contributed by atoms with Crippen molar-refractivity contribution in [2.45, 2.75) is 25.7 Å². The van der Waals surface area contributed by atoms with Gasteiger partial charge >= 0.3 is 0 Å². The van der Waals surface area contributed by atoms with E-state index in [9.17, 15) is 5.11 Å². The van der Waals surface area contributed by atoms with E-state index >= 15 is 0 Å². The van der Waals surface area contributed by atoms with Crippen molar-refractivity contribution in [3.05, 3.63) is 82.9 Å². The van der Waals surface area contributed by atoms with Crippen LogP contribution in [0.1, 0.15) is 22.3 Å². The van der Waals surface area contributed by atoms with Crippen LogP contribution in [-0.4, -0.2) is 54.9 Å². The van der Waals surface area contributed by atoms with Crippen LogP contribution in [-0.2, 0) is 25.7 Å². The zero-order valence-electron chi connectivity index (χ0n) is 26.3. The van der Waals surface area contributed by atoms with E-state index in [4.69, 9.17) is 37.9 Å². The van der Waals surface area contributed by atoms with Gasteiger partial charge < -0.3 is 43.0 Å². The minimum absolute atomic E-state index is 0.0204. The predicted molar refractivity (Wildman–Crippen MR) is 168 cm³/mol. The van der Waals surface area contributed by atoms with Crippen molar-refractivity contribution in [1.29, 1.82) is 0 Å². The summed E-state index contributed by atoms with van der Waals surface area (Å²) >= 11 is 0. The quantitative estimate of drug-likeness (QED) is 0.157. The molecule has 9 nitrogen and oxygen atoms in total. The third-order valence-electron chi connectivity index (χ3n) is 7.33. The van der Waals surface area contributed by atoms with Crippen LogP contribution in [0.2, 0.25) is 0 Å². The molecule has 4 aromatic carbocycles. The van der Waals surface area contributed by atoms with Crippen LogP contribution in [0, 0.1) is 0 Å². The van der Waals surface area contributed by atoms with Gasteiger partial charge in [-0.1, -0.05) is 12.1 Å². The molecule has 0 aliphatic heterocycles. The smallest absolute Gasteiger partial charge is 0.203 e. The molecule has 4 rings (SSSR count). The van der Waals surface area contributed by atoms with Gasteiger partial charge in [-0.2, -0.15) is 0 Å². The Bertz CT molecular complexity index is 1560. The fourth-order valence-corrected chi connectivity index (χ4v) is 5.07. The first kappa shape index (κ1) is 32.0. The number of benzene rings is 4. The third-order valence-corrected chi connectivity index (χ3v) is 7.33. The molecule has 0 saturated carbocycles. The van der Waals surface area contributed by atoms with Crippen molar-refractivity contribution in [2.75, 3.05) is 49.8 Å². The molecular weight excluding hydrogens is 564 g/mol. The molecule has 0 saturated heterocycles. The first-order valence-corrected chi connectivity index (χ1v) is 14.1. The molecule has 0 aliphatic rings. The Kier molecular flexibility index (Phi) is 10.9. The number of methoxy groups -OCH3 is 7. The van der Waals surface area contributed by atoms with Gasteiger partial charge in [-0.05, 0) is 90.4 Å². The second-order valence-corrected chi connectivity index (χ2v) is 9.95. The highest BCUT2D eigenvalue weighted by Crippen LogP contribution is 2.45. The lowest BCUT2D eigenvalue weighted by Crippen LogP contribution is -2.01. The summed E-state index contributed by atoms with van der Waals surface area (Å²) in [6.07, 6.45) is 2.72. The molecular formula is C35H40O9. The molecule has 44 heavy (non-hydrogen) atoms. The van der Waals surface area contributed by atoms with Crippen molar-refractivity contribution in [2.24, 2.45) is 0 Å². The maximum absolute atomic E-state index is 10.4. The maximum atomic E-state index is 10.4. The van der Waals surface area contributed by atoms with Gasteiger partial charge in [0.25, 0.3) is 0 Å². The van der Waals surface area contributed by atoms with E-state index in [0.29, 0.717) is 65.3 Å². The Labute approximate surface area is 258 Å². The molecule has 234 valence electrons. The van der Waals surface area contributed by atoms with Gasteiger partial charge in [0.1, 0.15) is 11.5 Å². The van der Waals surface area contributed by atoms with Crippen molar-refractivity contribution in [3.63, 3.8) is 0 Å². The summed E-state index contributed by atoms with van der Waals surface area (Å²) in [4.78, 5) is 0. The Balaban J connectivity index is 1.64. The number of phenolic OH excluding ortho intramolecular Hbond substituents is 1. The van der Waals surface area contributed by atoms with Crippen molar-refractivity contribution >= 4 is 0 Å². The highest BCUT2D eigenvalue weighted by molar-refractivity contribution is 5.59.